The van der Waals surface area contributed by atoms with Crippen molar-refractivity contribution in [3.05, 3.63) is 29.8 Å². The first-order valence-electron chi connectivity index (χ1n) is 6.18. The van der Waals surface area contributed by atoms with Gasteiger partial charge >= 0.3 is 0 Å². The van der Waals surface area contributed by atoms with E-state index in [1.165, 1.54) is 5.56 Å². The summed E-state index contributed by atoms with van der Waals surface area (Å²) in [6.45, 7) is 3.60. The highest BCUT2D eigenvalue weighted by atomic mass is 16.5. The monoisotopic (exact) mass is 250 g/mol. The molecule has 100 valence electrons. The van der Waals surface area contributed by atoms with Crippen molar-refractivity contribution >= 4 is 5.96 Å². The molecule has 5 heteroatoms. The van der Waals surface area contributed by atoms with Crippen LogP contribution in [-0.4, -0.2) is 26.2 Å². The Balaban J connectivity index is 2.45. The third-order valence-corrected chi connectivity index (χ3v) is 2.51. The fourth-order valence-corrected chi connectivity index (χ4v) is 1.60. The number of guanidine groups is 1. The van der Waals surface area contributed by atoms with Gasteiger partial charge in [-0.2, -0.15) is 0 Å². The molecule has 1 aromatic rings. The standard InChI is InChI=1S/C13H22N4O/c1-3-9-15-13(17-14)16-10-8-11-6-4-5-7-12(11)18-2/h4-7H,3,8-10,14H2,1-2H3,(H2,15,16,17). The lowest BCUT2D eigenvalue weighted by Crippen LogP contribution is -2.42. The van der Waals surface area contributed by atoms with E-state index in [2.05, 4.69) is 28.7 Å². The van der Waals surface area contributed by atoms with Gasteiger partial charge in [-0.15, -0.1) is 0 Å². The maximum Gasteiger partial charge on any atom is 0.205 e. The Morgan fingerprint density at radius 1 is 1.39 bits per heavy atom. The lowest BCUT2D eigenvalue weighted by atomic mass is 10.1. The number of rotatable bonds is 6. The van der Waals surface area contributed by atoms with Gasteiger partial charge in [0.25, 0.3) is 0 Å². The van der Waals surface area contributed by atoms with E-state index in [-0.39, 0.29) is 0 Å². The van der Waals surface area contributed by atoms with Gasteiger partial charge in [0.15, 0.2) is 0 Å². The third-order valence-electron chi connectivity index (χ3n) is 2.51. The zero-order valence-electron chi connectivity index (χ0n) is 11.1. The van der Waals surface area contributed by atoms with Gasteiger partial charge in [0, 0.05) is 13.1 Å². The van der Waals surface area contributed by atoms with Crippen LogP contribution in [0.5, 0.6) is 5.75 Å². The number of nitrogens with zero attached hydrogens (tertiary/aromatic N) is 1. The summed E-state index contributed by atoms with van der Waals surface area (Å²) in [5, 5.41) is 3.16. The second-order valence-electron chi connectivity index (χ2n) is 3.86. The Morgan fingerprint density at radius 3 is 2.83 bits per heavy atom. The summed E-state index contributed by atoms with van der Waals surface area (Å²) in [4.78, 5) is 4.27. The summed E-state index contributed by atoms with van der Waals surface area (Å²) >= 11 is 0. The first-order chi connectivity index (χ1) is 8.81. The molecule has 0 heterocycles. The molecule has 0 spiro atoms. The molecule has 0 unspecified atom stereocenters. The summed E-state index contributed by atoms with van der Waals surface area (Å²) < 4.78 is 5.30. The molecular weight excluding hydrogens is 228 g/mol. The number of methoxy groups -OCH3 is 1. The highest BCUT2D eigenvalue weighted by molar-refractivity contribution is 5.79. The molecule has 5 nitrogen and oxygen atoms in total. The molecule has 1 aromatic carbocycles. The van der Waals surface area contributed by atoms with Gasteiger partial charge in [0.1, 0.15) is 5.75 Å². The van der Waals surface area contributed by atoms with Crippen molar-refractivity contribution in [2.24, 2.45) is 10.8 Å². The van der Waals surface area contributed by atoms with Crippen molar-refractivity contribution in [1.29, 1.82) is 0 Å². The van der Waals surface area contributed by atoms with Crippen molar-refractivity contribution in [3.63, 3.8) is 0 Å². The highest BCUT2D eigenvalue weighted by Crippen LogP contribution is 2.17. The van der Waals surface area contributed by atoms with Crippen LogP contribution < -0.4 is 21.3 Å². The highest BCUT2D eigenvalue weighted by Gasteiger charge is 2.01. The number of ether oxygens (including phenoxy) is 1. The molecule has 0 saturated heterocycles. The van der Waals surface area contributed by atoms with E-state index in [9.17, 15) is 0 Å². The average Bonchev–Trinajstić information content (AvgIpc) is 2.43. The summed E-state index contributed by atoms with van der Waals surface area (Å²) in [5.41, 5.74) is 3.73. The van der Waals surface area contributed by atoms with Crippen LogP contribution in [0.2, 0.25) is 0 Å². The first kappa shape index (κ1) is 14.3. The van der Waals surface area contributed by atoms with Crippen LogP contribution in [0.25, 0.3) is 0 Å². The fraction of sp³-hybridized carbons (Fsp3) is 0.462. The van der Waals surface area contributed by atoms with E-state index in [1.807, 2.05) is 18.2 Å². The molecule has 0 saturated carbocycles. The van der Waals surface area contributed by atoms with Crippen LogP contribution in [0, 0.1) is 0 Å². The fourth-order valence-electron chi connectivity index (χ4n) is 1.60. The number of benzene rings is 1. The van der Waals surface area contributed by atoms with Gasteiger partial charge < -0.3 is 10.1 Å². The number of hydrogen-bond donors (Lipinski definition) is 3. The lowest BCUT2D eigenvalue weighted by Gasteiger charge is -2.11. The minimum atomic E-state index is 0.631. The van der Waals surface area contributed by atoms with Crippen molar-refractivity contribution < 1.29 is 4.74 Å². The Morgan fingerprint density at radius 2 is 2.17 bits per heavy atom. The predicted octanol–water partition coefficient (Wildman–Crippen LogP) is 1.06. The summed E-state index contributed by atoms with van der Waals surface area (Å²) in [6, 6.07) is 7.98. The van der Waals surface area contributed by atoms with Crippen LogP contribution in [0.4, 0.5) is 0 Å². The summed E-state index contributed by atoms with van der Waals surface area (Å²) in [6.07, 6.45) is 1.86. The third kappa shape index (κ3) is 4.63. The number of para-hydroxylation sites is 1. The Labute approximate surface area is 108 Å². The van der Waals surface area contributed by atoms with Crippen molar-refractivity contribution in [2.75, 3.05) is 20.2 Å². The van der Waals surface area contributed by atoms with E-state index >= 15 is 0 Å². The van der Waals surface area contributed by atoms with Crippen LogP contribution in [0.1, 0.15) is 18.9 Å². The molecule has 0 aliphatic carbocycles. The Hall–Kier alpha value is -1.75. The molecular formula is C13H22N4O. The predicted molar refractivity (Wildman–Crippen MR) is 74.6 cm³/mol. The molecule has 0 fully saturated rings. The molecule has 4 N–H and O–H groups in total. The second kappa shape index (κ2) is 8.36. The van der Waals surface area contributed by atoms with Gasteiger partial charge in [-0.05, 0) is 24.5 Å². The van der Waals surface area contributed by atoms with Gasteiger partial charge in [-0.25, -0.2) is 5.84 Å². The van der Waals surface area contributed by atoms with E-state index in [0.717, 1.165) is 31.7 Å². The van der Waals surface area contributed by atoms with Gasteiger partial charge in [-0.1, -0.05) is 25.1 Å². The van der Waals surface area contributed by atoms with Crippen LogP contribution in [0.15, 0.2) is 29.3 Å². The Kier molecular flexibility index (Phi) is 6.64. The minimum absolute atomic E-state index is 0.631. The van der Waals surface area contributed by atoms with Gasteiger partial charge in [0.05, 0.1) is 7.11 Å². The number of nitrogens with two attached hydrogens (primary N) is 1. The van der Waals surface area contributed by atoms with Gasteiger partial charge in [0.2, 0.25) is 5.96 Å². The molecule has 0 aliphatic heterocycles. The van der Waals surface area contributed by atoms with Crippen molar-refractivity contribution in [1.82, 2.24) is 10.7 Å². The normalized spacial score (nSPS) is 11.2. The van der Waals surface area contributed by atoms with E-state index in [1.54, 1.807) is 7.11 Å². The van der Waals surface area contributed by atoms with Crippen LogP contribution in [0.3, 0.4) is 0 Å². The number of hydrazine groups is 1. The molecule has 0 bridgehead atoms. The lowest BCUT2D eigenvalue weighted by molar-refractivity contribution is 0.409. The molecule has 18 heavy (non-hydrogen) atoms. The van der Waals surface area contributed by atoms with Crippen LogP contribution in [-0.2, 0) is 6.42 Å². The zero-order valence-corrected chi connectivity index (χ0v) is 11.1. The molecule has 0 aliphatic rings. The van der Waals surface area contributed by atoms with Gasteiger partial charge in [-0.3, -0.25) is 10.4 Å². The largest absolute Gasteiger partial charge is 0.496 e. The molecule has 0 radical (unpaired) electrons. The first-order valence-corrected chi connectivity index (χ1v) is 6.18. The number of hydrogen-bond acceptors (Lipinski definition) is 3. The molecule has 0 amide bonds. The zero-order chi connectivity index (χ0) is 13.2. The summed E-state index contributed by atoms with van der Waals surface area (Å²) in [7, 11) is 1.68. The average molecular weight is 250 g/mol. The second-order valence-corrected chi connectivity index (χ2v) is 3.86. The van der Waals surface area contributed by atoms with Crippen molar-refractivity contribution in [2.45, 2.75) is 19.8 Å². The van der Waals surface area contributed by atoms with Crippen molar-refractivity contribution in [3.8, 4) is 5.75 Å². The smallest absolute Gasteiger partial charge is 0.205 e. The van der Waals surface area contributed by atoms with E-state index in [0.29, 0.717) is 5.96 Å². The number of aliphatic imine (C=N–C) groups is 1. The maximum atomic E-state index is 5.38. The van der Waals surface area contributed by atoms with E-state index < -0.39 is 0 Å². The molecule has 0 atom stereocenters. The minimum Gasteiger partial charge on any atom is -0.496 e. The molecule has 1 rings (SSSR count). The SMILES string of the molecule is CCCN=C(NN)NCCc1ccccc1OC. The quantitative estimate of drug-likeness (QED) is 0.305. The topological polar surface area (TPSA) is 71.7 Å². The molecule has 0 aromatic heterocycles. The maximum absolute atomic E-state index is 5.38. The van der Waals surface area contributed by atoms with E-state index in [4.69, 9.17) is 10.6 Å². The Bertz CT molecular complexity index is 379. The summed E-state index contributed by atoms with van der Waals surface area (Å²) in [5.74, 6) is 6.92. The number of nitrogens with one attached hydrogen (secondary N) is 2. The van der Waals surface area contributed by atoms with Crippen LogP contribution >= 0.6 is 0 Å².